The summed E-state index contributed by atoms with van der Waals surface area (Å²) in [6.45, 7) is 7.78. The Labute approximate surface area is 143 Å². The molecule has 1 aromatic rings. The maximum Gasteiger partial charge on any atom is 0.409 e. The molecular formula is C19H24N2O3. The zero-order chi connectivity index (χ0) is 17.6. The van der Waals surface area contributed by atoms with E-state index < -0.39 is 0 Å². The molecule has 1 saturated heterocycles. The molecule has 1 aliphatic rings. The van der Waals surface area contributed by atoms with Gasteiger partial charge in [0.05, 0.1) is 13.7 Å². The van der Waals surface area contributed by atoms with Crippen molar-refractivity contribution in [3.8, 4) is 17.7 Å². The Bertz CT molecular complexity index is 666. The average molecular weight is 328 g/mol. The highest BCUT2D eigenvalue weighted by molar-refractivity contribution is 5.68. The molecule has 128 valence electrons. The largest absolute Gasteiger partial charge is 0.481 e. The highest BCUT2D eigenvalue weighted by atomic mass is 16.6. The van der Waals surface area contributed by atoms with Gasteiger partial charge in [0.25, 0.3) is 0 Å². The van der Waals surface area contributed by atoms with Gasteiger partial charge in [-0.3, -0.25) is 0 Å². The number of amides is 1. The average Bonchev–Trinajstić information content (AvgIpc) is 2.56. The Balaban J connectivity index is 2.05. The number of hydrogen-bond acceptors (Lipinski definition) is 4. The SMILES string of the molecule is CCOC(=O)N1CC/C(=C\C#Cc2ccc(OC)nc2)C(C)(C)C1. The molecule has 0 aliphatic carbocycles. The van der Waals surface area contributed by atoms with E-state index in [4.69, 9.17) is 9.47 Å². The quantitative estimate of drug-likeness (QED) is 0.782. The Morgan fingerprint density at radius 2 is 2.25 bits per heavy atom. The number of nitrogens with zero attached hydrogens (tertiary/aromatic N) is 2. The van der Waals surface area contributed by atoms with Crippen molar-refractivity contribution in [3.63, 3.8) is 0 Å². The topological polar surface area (TPSA) is 51.7 Å². The number of methoxy groups -OCH3 is 1. The van der Waals surface area contributed by atoms with E-state index in [9.17, 15) is 4.79 Å². The van der Waals surface area contributed by atoms with Crippen LogP contribution in [0.2, 0.25) is 0 Å². The number of carbonyl (C=O) groups excluding carboxylic acids is 1. The molecule has 0 spiro atoms. The standard InChI is InChI=1S/C19H24N2O3/c1-5-24-18(22)21-12-11-16(19(2,3)14-21)8-6-7-15-9-10-17(23-4)20-13-15/h8-10,13H,5,11-12,14H2,1-4H3/b16-8+. The van der Waals surface area contributed by atoms with Crippen LogP contribution in [0.15, 0.2) is 30.0 Å². The van der Waals surface area contributed by atoms with Crippen molar-refractivity contribution in [3.05, 3.63) is 35.5 Å². The van der Waals surface area contributed by atoms with Gasteiger partial charge in [0.1, 0.15) is 0 Å². The fourth-order valence-electron chi connectivity index (χ4n) is 2.67. The minimum absolute atomic E-state index is 0.113. The number of carbonyl (C=O) groups is 1. The molecule has 0 saturated carbocycles. The van der Waals surface area contributed by atoms with Gasteiger partial charge in [0.15, 0.2) is 0 Å². The molecule has 1 amide bonds. The van der Waals surface area contributed by atoms with Crippen LogP contribution in [-0.2, 0) is 4.74 Å². The van der Waals surface area contributed by atoms with Crippen LogP contribution in [0.1, 0.15) is 32.8 Å². The first-order chi connectivity index (χ1) is 11.5. The van der Waals surface area contributed by atoms with Gasteiger partial charge in [-0.25, -0.2) is 9.78 Å². The molecule has 5 nitrogen and oxygen atoms in total. The van der Waals surface area contributed by atoms with E-state index >= 15 is 0 Å². The van der Waals surface area contributed by atoms with E-state index in [0.717, 1.165) is 12.0 Å². The van der Waals surface area contributed by atoms with Crippen LogP contribution in [-0.4, -0.2) is 42.8 Å². The lowest BCUT2D eigenvalue weighted by molar-refractivity contribution is 0.0862. The Morgan fingerprint density at radius 1 is 1.46 bits per heavy atom. The summed E-state index contributed by atoms with van der Waals surface area (Å²) in [5.74, 6) is 6.77. The summed E-state index contributed by atoms with van der Waals surface area (Å²) in [5.41, 5.74) is 1.98. The van der Waals surface area contributed by atoms with E-state index in [2.05, 4.69) is 30.7 Å². The van der Waals surface area contributed by atoms with Gasteiger partial charge in [-0.1, -0.05) is 31.3 Å². The molecule has 24 heavy (non-hydrogen) atoms. The van der Waals surface area contributed by atoms with Gasteiger partial charge in [-0.05, 0) is 25.5 Å². The second-order valence-electron chi connectivity index (χ2n) is 6.28. The summed E-state index contributed by atoms with van der Waals surface area (Å²) >= 11 is 0. The van der Waals surface area contributed by atoms with Crippen LogP contribution in [0.4, 0.5) is 4.79 Å². The minimum atomic E-state index is -0.236. The molecule has 2 heterocycles. The molecule has 0 radical (unpaired) electrons. The van der Waals surface area contributed by atoms with Crippen molar-refractivity contribution in [1.82, 2.24) is 9.88 Å². The summed E-state index contributed by atoms with van der Waals surface area (Å²) in [5, 5.41) is 0. The molecule has 2 rings (SSSR count). The molecule has 0 unspecified atom stereocenters. The third kappa shape index (κ3) is 4.51. The number of ether oxygens (including phenoxy) is 2. The smallest absolute Gasteiger partial charge is 0.409 e. The van der Waals surface area contributed by atoms with E-state index in [1.807, 2.05) is 19.1 Å². The number of aromatic nitrogens is 1. The van der Waals surface area contributed by atoms with Gasteiger partial charge < -0.3 is 14.4 Å². The third-order valence-electron chi connectivity index (χ3n) is 4.04. The molecule has 0 atom stereocenters. The summed E-state index contributed by atoms with van der Waals surface area (Å²) < 4.78 is 10.1. The van der Waals surface area contributed by atoms with Crippen molar-refractivity contribution in [2.45, 2.75) is 27.2 Å². The Morgan fingerprint density at radius 3 is 2.83 bits per heavy atom. The van der Waals surface area contributed by atoms with Crippen molar-refractivity contribution in [1.29, 1.82) is 0 Å². The van der Waals surface area contributed by atoms with E-state index in [1.54, 1.807) is 24.3 Å². The van der Waals surface area contributed by atoms with Crippen molar-refractivity contribution in [2.24, 2.45) is 5.41 Å². The third-order valence-corrected chi connectivity index (χ3v) is 4.04. The zero-order valence-electron chi connectivity index (χ0n) is 14.8. The van der Waals surface area contributed by atoms with Crippen LogP contribution < -0.4 is 4.74 Å². The molecule has 0 aromatic carbocycles. The predicted molar refractivity (Wildman–Crippen MR) is 92.7 cm³/mol. The van der Waals surface area contributed by atoms with E-state index in [-0.39, 0.29) is 11.5 Å². The minimum Gasteiger partial charge on any atom is -0.481 e. The molecule has 1 fully saturated rings. The van der Waals surface area contributed by atoms with Crippen molar-refractivity contribution < 1.29 is 14.3 Å². The van der Waals surface area contributed by atoms with Crippen LogP contribution >= 0.6 is 0 Å². The first-order valence-electron chi connectivity index (χ1n) is 8.09. The molecule has 0 N–H and O–H groups in total. The summed E-state index contributed by atoms with van der Waals surface area (Å²) in [7, 11) is 1.59. The number of piperidine rings is 1. The molecule has 1 aliphatic heterocycles. The fourth-order valence-corrected chi connectivity index (χ4v) is 2.67. The maximum atomic E-state index is 11.9. The predicted octanol–water partition coefficient (Wildman–Crippen LogP) is 3.26. The van der Waals surface area contributed by atoms with Gasteiger partial charge >= 0.3 is 6.09 Å². The van der Waals surface area contributed by atoms with Crippen LogP contribution in [0.3, 0.4) is 0 Å². The normalized spacial score (nSPS) is 17.8. The van der Waals surface area contributed by atoms with Gasteiger partial charge in [-0.15, -0.1) is 0 Å². The highest BCUT2D eigenvalue weighted by Gasteiger charge is 2.33. The van der Waals surface area contributed by atoms with Crippen LogP contribution in [0.5, 0.6) is 5.88 Å². The highest BCUT2D eigenvalue weighted by Crippen LogP contribution is 2.34. The second kappa shape index (κ2) is 7.87. The summed E-state index contributed by atoms with van der Waals surface area (Å²) in [4.78, 5) is 17.8. The van der Waals surface area contributed by atoms with E-state index in [1.165, 1.54) is 5.57 Å². The monoisotopic (exact) mass is 328 g/mol. The molecular weight excluding hydrogens is 304 g/mol. The number of likely N-dealkylation sites (tertiary alicyclic amines) is 1. The fraction of sp³-hybridized carbons (Fsp3) is 0.474. The Hall–Kier alpha value is -2.48. The lowest BCUT2D eigenvalue weighted by Gasteiger charge is -2.39. The zero-order valence-corrected chi connectivity index (χ0v) is 14.8. The Kier molecular flexibility index (Phi) is 5.86. The van der Waals surface area contributed by atoms with Gasteiger partial charge in [-0.2, -0.15) is 0 Å². The molecule has 5 heteroatoms. The van der Waals surface area contributed by atoms with Gasteiger partial charge in [0, 0.05) is 36.3 Å². The van der Waals surface area contributed by atoms with Crippen LogP contribution in [0, 0.1) is 17.3 Å². The first kappa shape index (κ1) is 17.9. The van der Waals surface area contributed by atoms with Crippen molar-refractivity contribution >= 4 is 6.09 Å². The van der Waals surface area contributed by atoms with Gasteiger partial charge in [0.2, 0.25) is 5.88 Å². The second-order valence-corrected chi connectivity index (χ2v) is 6.28. The summed E-state index contributed by atoms with van der Waals surface area (Å²) in [6.07, 6.45) is 4.23. The molecule has 1 aromatic heterocycles. The maximum absolute atomic E-state index is 11.9. The van der Waals surface area contributed by atoms with Crippen LogP contribution in [0.25, 0.3) is 0 Å². The summed E-state index contributed by atoms with van der Waals surface area (Å²) in [6, 6.07) is 3.67. The lowest BCUT2D eigenvalue weighted by atomic mass is 9.79. The van der Waals surface area contributed by atoms with Crippen molar-refractivity contribution in [2.75, 3.05) is 26.8 Å². The number of pyridine rings is 1. The first-order valence-corrected chi connectivity index (χ1v) is 8.09. The number of rotatable bonds is 2. The van der Waals surface area contributed by atoms with E-state index in [0.29, 0.717) is 25.6 Å². The molecule has 0 bridgehead atoms. The number of hydrogen-bond donors (Lipinski definition) is 0. The lowest BCUT2D eigenvalue weighted by Crippen LogP contribution is -2.45. The number of allylic oxidation sites excluding steroid dienone is 1.